The molecule has 0 spiro atoms. The molecule has 1 aliphatic rings. The number of aryl methyl sites for hydroxylation is 1. The number of benzene rings is 2. The molecule has 122 valence electrons. The molecule has 0 radical (unpaired) electrons. The van der Waals surface area contributed by atoms with Crippen LogP contribution >= 0.6 is 0 Å². The predicted octanol–water partition coefficient (Wildman–Crippen LogP) is 3.38. The Labute approximate surface area is 140 Å². The molecule has 1 fully saturated rings. The highest BCUT2D eigenvalue weighted by Crippen LogP contribution is 2.21. The van der Waals surface area contributed by atoms with Crippen molar-refractivity contribution in [2.45, 2.75) is 13.5 Å². The third kappa shape index (κ3) is 3.85. The van der Waals surface area contributed by atoms with Gasteiger partial charge < -0.3 is 9.80 Å². The van der Waals surface area contributed by atoms with Crippen molar-refractivity contribution in [2.24, 2.45) is 0 Å². The van der Waals surface area contributed by atoms with Crippen molar-refractivity contribution in [3.8, 4) is 0 Å². The van der Waals surface area contributed by atoms with E-state index in [2.05, 4.69) is 84.2 Å². The van der Waals surface area contributed by atoms with Crippen molar-refractivity contribution in [1.82, 2.24) is 4.90 Å². The maximum atomic E-state index is 2.55. The molecule has 3 heteroatoms. The zero-order chi connectivity index (χ0) is 16.2. The van der Waals surface area contributed by atoms with Gasteiger partial charge >= 0.3 is 0 Å². The summed E-state index contributed by atoms with van der Waals surface area (Å²) in [5.74, 6) is 0. The fourth-order valence-electron chi connectivity index (χ4n) is 3.22. The number of nitrogens with zero attached hydrogens (tertiary/aromatic N) is 3. The standard InChI is InChI=1S/C20H27N3/c1-17-6-4-5-7-20(17)23-14-12-22(13-15-23)16-18-8-10-19(11-9-18)21(2)3/h4-11H,12-16H2,1-3H3. The maximum absolute atomic E-state index is 2.55. The molecule has 1 saturated heterocycles. The van der Waals surface area contributed by atoms with Crippen LogP contribution in [0.3, 0.4) is 0 Å². The van der Waals surface area contributed by atoms with E-state index in [1.54, 1.807) is 0 Å². The summed E-state index contributed by atoms with van der Waals surface area (Å²) in [6.07, 6.45) is 0. The molecule has 0 bridgehead atoms. The van der Waals surface area contributed by atoms with E-state index >= 15 is 0 Å². The summed E-state index contributed by atoms with van der Waals surface area (Å²) in [5.41, 5.74) is 5.43. The molecule has 0 aromatic heterocycles. The minimum atomic E-state index is 1.05. The molecule has 1 aliphatic heterocycles. The Morgan fingerprint density at radius 3 is 2.13 bits per heavy atom. The van der Waals surface area contributed by atoms with E-state index < -0.39 is 0 Å². The van der Waals surface area contributed by atoms with Gasteiger partial charge in [0.05, 0.1) is 0 Å². The second kappa shape index (κ2) is 7.05. The first-order valence-corrected chi connectivity index (χ1v) is 8.43. The summed E-state index contributed by atoms with van der Waals surface area (Å²) in [6, 6.07) is 17.6. The van der Waals surface area contributed by atoms with Crippen LogP contribution < -0.4 is 9.80 Å². The minimum Gasteiger partial charge on any atom is -0.378 e. The highest BCUT2D eigenvalue weighted by Gasteiger charge is 2.18. The number of piperazine rings is 1. The first-order valence-electron chi connectivity index (χ1n) is 8.43. The SMILES string of the molecule is Cc1ccccc1N1CCN(Cc2ccc(N(C)C)cc2)CC1. The number of rotatable bonds is 4. The number of anilines is 2. The van der Waals surface area contributed by atoms with Gasteiger partial charge in [0.1, 0.15) is 0 Å². The number of hydrogen-bond donors (Lipinski definition) is 0. The van der Waals surface area contributed by atoms with Gasteiger partial charge in [-0.05, 0) is 36.2 Å². The van der Waals surface area contributed by atoms with Crippen LogP contribution in [0, 0.1) is 6.92 Å². The molecule has 0 amide bonds. The monoisotopic (exact) mass is 309 g/mol. The van der Waals surface area contributed by atoms with Crippen LogP contribution in [0.25, 0.3) is 0 Å². The number of para-hydroxylation sites is 1. The Hall–Kier alpha value is -2.00. The Morgan fingerprint density at radius 2 is 1.52 bits per heavy atom. The average molecular weight is 309 g/mol. The van der Waals surface area contributed by atoms with Crippen LogP contribution in [0.1, 0.15) is 11.1 Å². The van der Waals surface area contributed by atoms with E-state index in [1.807, 2.05) is 0 Å². The van der Waals surface area contributed by atoms with Crippen molar-refractivity contribution < 1.29 is 0 Å². The zero-order valence-electron chi connectivity index (χ0n) is 14.5. The second-order valence-electron chi connectivity index (χ2n) is 6.61. The van der Waals surface area contributed by atoms with Gasteiger partial charge in [0.2, 0.25) is 0 Å². The first-order chi connectivity index (χ1) is 11.1. The molecule has 2 aromatic rings. The minimum absolute atomic E-state index is 1.05. The van der Waals surface area contributed by atoms with Crippen LogP contribution in [-0.4, -0.2) is 45.2 Å². The lowest BCUT2D eigenvalue weighted by Gasteiger charge is -2.36. The molecule has 3 rings (SSSR count). The van der Waals surface area contributed by atoms with Gasteiger partial charge in [-0.2, -0.15) is 0 Å². The average Bonchev–Trinajstić information content (AvgIpc) is 2.57. The van der Waals surface area contributed by atoms with Crippen LogP contribution in [0.4, 0.5) is 11.4 Å². The number of hydrogen-bond acceptors (Lipinski definition) is 3. The van der Waals surface area contributed by atoms with E-state index in [1.165, 1.54) is 22.5 Å². The summed E-state index contributed by atoms with van der Waals surface area (Å²) < 4.78 is 0. The molecule has 0 N–H and O–H groups in total. The highest BCUT2D eigenvalue weighted by atomic mass is 15.3. The third-order valence-electron chi connectivity index (χ3n) is 4.69. The molecule has 0 aliphatic carbocycles. The fraction of sp³-hybridized carbons (Fsp3) is 0.400. The second-order valence-corrected chi connectivity index (χ2v) is 6.61. The molecule has 0 unspecified atom stereocenters. The Balaban J connectivity index is 1.56. The summed E-state index contributed by atoms with van der Waals surface area (Å²) in [5, 5.41) is 0. The van der Waals surface area contributed by atoms with E-state index in [0.29, 0.717) is 0 Å². The van der Waals surface area contributed by atoms with E-state index in [4.69, 9.17) is 0 Å². The fourth-order valence-corrected chi connectivity index (χ4v) is 3.22. The smallest absolute Gasteiger partial charge is 0.0396 e. The van der Waals surface area contributed by atoms with Crippen molar-refractivity contribution in [2.75, 3.05) is 50.1 Å². The molecule has 3 nitrogen and oxygen atoms in total. The lowest BCUT2D eigenvalue weighted by molar-refractivity contribution is 0.250. The van der Waals surface area contributed by atoms with Crippen LogP contribution in [-0.2, 0) is 6.54 Å². The van der Waals surface area contributed by atoms with Crippen molar-refractivity contribution in [1.29, 1.82) is 0 Å². The highest BCUT2D eigenvalue weighted by molar-refractivity contribution is 5.53. The van der Waals surface area contributed by atoms with Crippen LogP contribution in [0.15, 0.2) is 48.5 Å². The van der Waals surface area contributed by atoms with E-state index in [9.17, 15) is 0 Å². The third-order valence-corrected chi connectivity index (χ3v) is 4.69. The van der Waals surface area contributed by atoms with Crippen molar-refractivity contribution in [3.63, 3.8) is 0 Å². The maximum Gasteiger partial charge on any atom is 0.0396 e. The molecule has 23 heavy (non-hydrogen) atoms. The van der Waals surface area contributed by atoms with Crippen molar-refractivity contribution >= 4 is 11.4 Å². The molecule has 0 atom stereocenters. The van der Waals surface area contributed by atoms with Gasteiger partial charge in [0.25, 0.3) is 0 Å². The van der Waals surface area contributed by atoms with Gasteiger partial charge in [-0.25, -0.2) is 0 Å². The normalized spacial score (nSPS) is 15.7. The predicted molar refractivity (Wildman–Crippen MR) is 99.4 cm³/mol. The van der Waals surface area contributed by atoms with Crippen LogP contribution in [0.2, 0.25) is 0 Å². The van der Waals surface area contributed by atoms with E-state index in [-0.39, 0.29) is 0 Å². The molecular weight excluding hydrogens is 282 g/mol. The quantitative estimate of drug-likeness (QED) is 0.857. The van der Waals surface area contributed by atoms with Crippen LogP contribution in [0.5, 0.6) is 0 Å². The lowest BCUT2D eigenvalue weighted by Crippen LogP contribution is -2.46. The zero-order valence-corrected chi connectivity index (χ0v) is 14.5. The first kappa shape index (κ1) is 15.9. The van der Waals surface area contributed by atoms with Gasteiger partial charge in [0, 0.05) is 58.2 Å². The molecule has 1 heterocycles. The van der Waals surface area contributed by atoms with Crippen molar-refractivity contribution in [3.05, 3.63) is 59.7 Å². The Kier molecular flexibility index (Phi) is 4.87. The Bertz CT molecular complexity index is 626. The summed E-state index contributed by atoms with van der Waals surface area (Å²) in [6.45, 7) is 7.73. The van der Waals surface area contributed by atoms with E-state index in [0.717, 1.165) is 32.7 Å². The Morgan fingerprint density at radius 1 is 0.870 bits per heavy atom. The molecule has 2 aromatic carbocycles. The lowest BCUT2D eigenvalue weighted by atomic mass is 10.1. The van der Waals surface area contributed by atoms with Gasteiger partial charge in [-0.3, -0.25) is 4.90 Å². The summed E-state index contributed by atoms with van der Waals surface area (Å²) in [7, 11) is 4.17. The van der Waals surface area contributed by atoms with Gasteiger partial charge in [0.15, 0.2) is 0 Å². The van der Waals surface area contributed by atoms with Gasteiger partial charge in [-0.15, -0.1) is 0 Å². The molecule has 0 saturated carbocycles. The summed E-state index contributed by atoms with van der Waals surface area (Å²) in [4.78, 5) is 7.21. The van der Waals surface area contributed by atoms with Gasteiger partial charge in [-0.1, -0.05) is 30.3 Å². The summed E-state index contributed by atoms with van der Waals surface area (Å²) >= 11 is 0. The topological polar surface area (TPSA) is 9.72 Å². The molecular formula is C20H27N3. The largest absolute Gasteiger partial charge is 0.378 e.